The van der Waals surface area contributed by atoms with Crippen LogP contribution in [-0.4, -0.2) is 41.4 Å². The second kappa shape index (κ2) is 8.11. The van der Waals surface area contributed by atoms with Gasteiger partial charge in [-0.05, 0) is 24.0 Å². The van der Waals surface area contributed by atoms with Gasteiger partial charge >= 0.3 is 0 Å². The van der Waals surface area contributed by atoms with Crippen LogP contribution in [0.15, 0.2) is 18.2 Å². The van der Waals surface area contributed by atoms with Crippen LogP contribution in [0.2, 0.25) is 5.02 Å². The van der Waals surface area contributed by atoms with Crippen molar-refractivity contribution in [3.8, 4) is 0 Å². The number of likely N-dealkylation sites (tertiary alicyclic amines) is 1. The third-order valence-corrected chi connectivity index (χ3v) is 4.42. The summed E-state index contributed by atoms with van der Waals surface area (Å²) in [5.41, 5.74) is 5.95. The molecule has 1 aliphatic heterocycles. The van der Waals surface area contributed by atoms with Crippen LogP contribution in [-0.2, 0) is 4.79 Å². The molecule has 0 aliphatic carbocycles. The van der Waals surface area contributed by atoms with Crippen LogP contribution in [0.4, 0.5) is 11.4 Å². The smallest absolute Gasteiger partial charge is 0.294 e. The SMILES string of the molecule is CC1(C)CN(CC(=O)Nc2ccc(Cl)cc2[N+](=O)[O-])CCC1N.Cl. The standard InChI is InChI=1S/C15H21ClN4O3.ClH/c1-15(2)9-19(6-5-13(15)17)8-14(21)18-11-4-3-10(16)7-12(11)20(22)23;/h3-4,7,13H,5-6,8-9,17H2,1-2H3,(H,18,21);1H. The van der Waals surface area contributed by atoms with Crippen molar-refractivity contribution in [1.82, 2.24) is 4.90 Å². The molecular formula is C15H22Cl2N4O3. The number of nitro benzene ring substituents is 1. The number of nitrogens with two attached hydrogens (primary N) is 1. The molecule has 1 unspecified atom stereocenters. The number of halogens is 2. The molecule has 0 aromatic heterocycles. The molecule has 3 N–H and O–H groups in total. The lowest BCUT2D eigenvalue weighted by atomic mass is 9.80. The molecule has 1 aliphatic rings. The fraction of sp³-hybridized carbons (Fsp3) is 0.533. The van der Waals surface area contributed by atoms with Crippen LogP contribution in [0, 0.1) is 15.5 Å². The number of carbonyl (C=O) groups excluding carboxylic acids is 1. The van der Waals surface area contributed by atoms with E-state index in [0.717, 1.165) is 13.0 Å². The van der Waals surface area contributed by atoms with E-state index >= 15 is 0 Å². The number of nitrogens with one attached hydrogen (secondary N) is 1. The summed E-state index contributed by atoms with van der Waals surface area (Å²) in [6.45, 7) is 5.78. The average molecular weight is 377 g/mol. The quantitative estimate of drug-likeness (QED) is 0.621. The van der Waals surface area contributed by atoms with Gasteiger partial charge in [-0.3, -0.25) is 19.8 Å². The number of hydrogen-bond donors (Lipinski definition) is 2. The van der Waals surface area contributed by atoms with Gasteiger partial charge < -0.3 is 11.1 Å². The lowest BCUT2D eigenvalue weighted by Gasteiger charge is -2.42. The van der Waals surface area contributed by atoms with Gasteiger partial charge in [0.2, 0.25) is 5.91 Å². The molecule has 0 saturated carbocycles. The molecule has 1 fully saturated rings. The van der Waals surface area contributed by atoms with Gasteiger partial charge in [0.05, 0.1) is 11.5 Å². The first kappa shape index (κ1) is 20.6. The predicted octanol–water partition coefficient (Wildman–Crippen LogP) is 2.67. The summed E-state index contributed by atoms with van der Waals surface area (Å²) in [7, 11) is 0. The van der Waals surface area contributed by atoms with Gasteiger partial charge in [-0.2, -0.15) is 0 Å². The molecular weight excluding hydrogens is 355 g/mol. The van der Waals surface area contributed by atoms with Gasteiger partial charge in [-0.15, -0.1) is 12.4 Å². The summed E-state index contributed by atoms with van der Waals surface area (Å²) in [5, 5.41) is 13.9. The van der Waals surface area contributed by atoms with Crippen molar-refractivity contribution in [3.63, 3.8) is 0 Å². The molecule has 0 spiro atoms. The number of benzene rings is 1. The zero-order valence-electron chi connectivity index (χ0n) is 13.6. The van der Waals surface area contributed by atoms with E-state index in [1.54, 1.807) is 0 Å². The van der Waals surface area contributed by atoms with Gasteiger partial charge in [-0.25, -0.2) is 0 Å². The topological polar surface area (TPSA) is 102 Å². The Labute approximate surface area is 152 Å². The molecule has 1 aromatic carbocycles. The Morgan fingerprint density at radius 3 is 2.79 bits per heavy atom. The summed E-state index contributed by atoms with van der Waals surface area (Å²) >= 11 is 5.76. The maximum Gasteiger partial charge on any atom is 0.294 e. The van der Waals surface area contributed by atoms with Gasteiger partial charge in [-0.1, -0.05) is 25.4 Å². The highest BCUT2D eigenvalue weighted by Gasteiger charge is 2.34. The van der Waals surface area contributed by atoms with Crippen LogP contribution in [0.5, 0.6) is 0 Å². The summed E-state index contributed by atoms with van der Waals surface area (Å²) in [4.78, 5) is 24.7. The summed E-state index contributed by atoms with van der Waals surface area (Å²) in [5.74, 6) is -0.290. The molecule has 1 heterocycles. The molecule has 24 heavy (non-hydrogen) atoms. The molecule has 2 rings (SSSR count). The Kier molecular flexibility index (Phi) is 6.97. The summed E-state index contributed by atoms with van der Waals surface area (Å²) in [6, 6.07) is 4.28. The Morgan fingerprint density at radius 1 is 1.54 bits per heavy atom. The van der Waals surface area contributed by atoms with E-state index in [0.29, 0.717) is 6.54 Å². The molecule has 1 saturated heterocycles. The van der Waals surface area contributed by atoms with E-state index < -0.39 is 4.92 Å². The van der Waals surface area contributed by atoms with E-state index in [1.807, 2.05) is 4.90 Å². The maximum atomic E-state index is 12.2. The summed E-state index contributed by atoms with van der Waals surface area (Å²) < 4.78 is 0. The molecule has 0 bridgehead atoms. The number of hydrogen-bond acceptors (Lipinski definition) is 5. The van der Waals surface area contributed by atoms with Crippen molar-refractivity contribution in [2.45, 2.75) is 26.3 Å². The van der Waals surface area contributed by atoms with E-state index in [4.69, 9.17) is 17.3 Å². The van der Waals surface area contributed by atoms with E-state index in [1.165, 1.54) is 18.2 Å². The Bertz CT molecular complexity index is 625. The van der Waals surface area contributed by atoms with Crippen molar-refractivity contribution in [2.75, 3.05) is 25.0 Å². The number of piperidine rings is 1. The summed E-state index contributed by atoms with van der Waals surface area (Å²) in [6.07, 6.45) is 0.821. The molecule has 0 radical (unpaired) electrons. The van der Waals surface area contributed by atoms with Gasteiger partial charge in [0.15, 0.2) is 0 Å². The minimum absolute atomic E-state index is 0. The van der Waals surface area contributed by atoms with Crippen molar-refractivity contribution in [2.24, 2.45) is 11.1 Å². The monoisotopic (exact) mass is 376 g/mol. The number of nitro groups is 1. The second-order valence-electron chi connectivity index (χ2n) is 6.56. The van der Waals surface area contributed by atoms with Crippen LogP contribution >= 0.6 is 24.0 Å². The van der Waals surface area contributed by atoms with Crippen molar-refractivity contribution >= 4 is 41.3 Å². The number of amides is 1. The third-order valence-electron chi connectivity index (χ3n) is 4.19. The molecule has 1 aromatic rings. The lowest BCUT2D eigenvalue weighted by molar-refractivity contribution is -0.383. The molecule has 9 heteroatoms. The van der Waals surface area contributed by atoms with Crippen LogP contribution in [0.25, 0.3) is 0 Å². The normalized spacial score (nSPS) is 20.1. The largest absolute Gasteiger partial charge is 0.327 e. The minimum Gasteiger partial charge on any atom is -0.327 e. The molecule has 1 amide bonds. The number of carbonyl (C=O) groups is 1. The number of rotatable bonds is 4. The fourth-order valence-corrected chi connectivity index (χ4v) is 2.94. The van der Waals surface area contributed by atoms with E-state index in [2.05, 4.69) is 19.2 Å². The van der Waals surface area contributed by atoms with Crippen molar-refractivity contribution in [3.05, 3.63) is 33.3 Å². The highest BCUT2D eigenvalue weighted by Crippen LogP contribution is 2.29. The highest BCUT2D eigenvalue weighted by atomic mass is 35.5. The van der Waals surface area contributed by atoms with Gasteiger partial charge in [0.1, 0.15) is 5.69 Å². The van der Waals surface area contributed by atoms with Crippen LogP contribution in [0.1, 0.15) is 20.3 Å². The molecule has 1 atom stereocenters. The first-order valence-corrected chi connectivity index (χ1v) is 7.78. The van der Waals surface area contributed by atoms with Crippen molar-refractivity contribution < 1.29 is 9.72 Å². The number of nitrogens with zero attached hydrogens (tertiary/aromatic N) is 2. The van der Waals surface area contributed by atoms with Gasteiger partial charge in [0, 0.05) is 30.2 Å². The van der Waals surface area contributed by atoms with Crippen molar-refractivity contribution in [1.29, 1.82) is 0 Å². The van der Waals surface area contributed by atoms with Crippen LogP contribution in [0.3, 0.4) is 0 Å². The Hall–Kier alpha value is -1.41. The Morgan fingerprint density at radius 2 is 2.21 bits per heavy atom. The van der Waals surface area contributed by atoms with Crippen LogP contribution < -0.4 is 11.1 Å². The zero-order valence-corrected chi connectivity index (χ0v) is 15.2. The van der Waals surface area contributed by atoms with Gasteiger partial charge in [0.25, 0.3) is 5.69 Å². The Balaban J connectivity index is 0.00000288. The molecule has 134 valence electrons. The van der Waals surface area contributed by atoms with E-state index in [9.17, 15) is 14.9 Å². The second-order valence-corrected chi connectivity index (χ2v) is 7.00. The number of anilines is 1. The first-order chi connectivity index (χ1) is 10.7. The lowest BCUT2D eigenvalue weighted by Crippen LogP contribution is -2.53. The third kappa shape index (κ3) is 5.04. The van der Waals surface area contributed by atoms with E-state index in [-0.39, 0.29) is 52.7 Å². The highest BCUT2D eigenvalue weighted by molar-refractivity contribution is 6.31. The maximum absolute atomic E-state index is 12.2. The minimum atomic E-state index is -0.565. The first-order valence-electron chi connectivity index (χ1n) is 7.41. The predicted molar refractivity (Wildman–Crippen MR) is 96.8 cm³/mol. The zero-order chi connectivity index (χ0) is 17.2. The average Bonchev–Trinajstić information content (AvgIpc) is 2.44. The fourth-order valence-electron chi connectivity index (χ4n) is 2.77. The molecule has 7 nitrogen and oxygen atoms in total.